The maximum Gasteiger partial charge on any atom is 0.164 e. The molecule has 18 heteroatoms. The molecule has 24 aromatic rings. The molecule has 7 aromatic heterocycles. The van der Waals surface area contributed by atoms with Crippen molar-refractivity contribution in [3.63, 3.8) is 0 Å². The van der Waals surface area contributed by atoms with E-state index in [4.69, 9.17) is 74.8 Å². The second-order valence-electron chi connectivity index (χ2n) is 32.9. The van der Waals surface area contributed by atoms with Gasteiger partial charge in [-0.1, -0.05) is 328 Å². The number of rotatable bonds is 19. The summed E-state index contributed by atoms with van der Waals surface area (Å²) in [6.45, 7) is 0. The highest BCUT2D eigenvalue weighted by molar-refractivity contribution is 6.14. The second-order valence-corrected chi connectivity index (χ2v) is 32.9. The minimum atomic E-state index is 0.407. The van der Waals surface area contributed by atoms with E-state index in [1.54, 1.807) is 0 Å². The molecule has 0 N–H and O–H groups in total. The van der Waals surface area contributed by atoms with Crippen molar-refractivity contribution in [3.8, 4) is 211 Å². The van der Waals surface area contributed by atoms with Crippen molar-refractivity contribution in [1.29, 1.82) is 5.26 Å². The molecular weight excluding hydrogens is 1670 g/mol. The topological polar surface area (TPSA) is 227 Å². The molecule has 24 rings (SSSR count). The highest BCUT2D eigenvalue weighted by atomic mass is 15.1. The van der Waals surface area contributed by atoms with Crippen molar-refractivity contribution >= 4 is 43.6 Å². The molecule has 0 amide bonds. The van der Waals surface area contributed by atoms with E-state index in [9.17, 15) is 5.26 Å². The van der Waals surface area contributed by atoms with Crippen molar-refractivity contribution in [2.75, 3.05) is 0 Å². The van der Waals surface area contributed by atoms with Gasteiger partial charge in [0, 0.05) is 116 Å². The third-order valence-corrected chi connectivity index (χ3v) is 24.4. The maximum atomic E-state index is 11.2. The monoisotopic (exact) mass is 1740 g/mol. The lowest BCUT2D eigenvalue weighted by Gasteiger charge is -2.20. The van der Waals surface area contributed by atoms with Gasteiger partial charge in [-0.25, -0.2) is 74.8 Å². The average Bonchev–Trinajstić information content (AvgIpc) is 1.57. The summed E-state index contributed by atoms with van der Waals surface area (Å²) in [7, 11) is 0. The van der Waals surface area contributed by atoms with Crippen LogP contribution in [0.25, 0.3) is 248 Å². The van der Waals surface area contributed by atoms with Crippen molar-refractivity contribution in [2.45, 2.75) is 0 Å². The Morgan fingerprint density at radius 1 is 0.154 bits per heavy atom. The van der Waals surface area contributed by atoms with Crippen LogP contribution in [0.15, 0.2) is 437 Å². The summed E-state index contributed by atoms with van der Waals surface area (Å²) in [6, 6.07) is 149. The SMILES string of the molecule is N#Cc1ccccc1-c1ccc(-n2c3ccc(-c4nc(-c5ccccc5)nc(-c5ccccc5)n4)cc3c3cc(-c4nc(-c5ccccc5)nc(-c5ccccc5)n4)ccc32)c(-c2cc(-n3c4ccc(-c5nc(-c6ccccc6)nc(-c6ccccc6)n5)cc4c4cc(-c5nc(-c6ccccc6)nc(-c6ccccc6)n5)ccc43)ccc2-c2nc(-c3ccccc3)nc(-c3ccccc3)n2)c1. The molecule has 0 unspecified atom stereocenters. The van der Waals surface area contributed by atoms with E-state index in [2.05, 4.69) is 124 Å². The van der Waals surface area contributed by atoms with Gasteiger partial charge in [-0.15, -0.1) is 0 Å². The van der Waals surface area contributed by atoms with Crippen LogP contribution < -0.4 is 0 Å². The molecule has 0 aliphatic heterocycles. The molecule has 634 valence electrons. The number of hydrogen-bond acceptors (Lipinski definition) is 16. The first-order valence-electron chi connectivity index (χ1n) is 44.6. The molecule has 0 saturated carbocycles. The van der Waals surface area contributed by atoms with Crippen molar-refractivity contribution < 1.29 is 0 Å². The number of aromatic nitrogens is 17. The Labute approximate surface area is 780 Å². The van der Waals surface area contributed by atoms with Gasteiger partial charge in [0.05, 0.1) is 39.4 Å². The highest BCUT2D eigenvalue weighted by Gasteiger charge is 2.28. The zero-order chi connectivity index (χ0) is 90.4. The van der Waals surface area contributed by atoms with Crippen molar-refractivity contribution in [2.24, 2.45) is 0 Å². The Kier molecular flexibility index (Phi) is 20.5. The third-order valence-electron chi connectivity index (χ3n) is 24.4. The zero-order valence-electron chi connectivity index (χ0n) is 72.6. The quantitative estimate of drug-likeness (QED) is 0.0733. The zero-order valence-corrected chi connectivity index (χ0v) is 72.6. The maximum absolute atomic E-state index is 11.2. The minimum absolute atomic E-state index is 0.407. The number of nitriles is 1. The molecule has 0 spiro atoms. The predicted molar refractivity (Wildman–Crippen MR) is 539 cm³/mol. The van der Waals surface area contributed by atoms with Crippen LogP contribution in [0, 0.1) is 11.3 Å². The van der Waals surface area contributed by atoms with Crippen LogP contribution in [0.5, 0.6) is 0 Å². The fraction of sp³-hybridized carbons (Fsp3) is 0. The molecule has 136 heavy (non-hydrogen) atoms. The van der Waals surface area contributed by atoms with E-state index in [0.717, 1.165) is 155 Å². The van der Waals surface area contributed by atoms with Gasteiger partial charge in [0.1, 0.15) is 0 Å². The molecule has 18 nitrogen and oxygen atoms in total. The van der Waals surface area contributed by atoms with Crippen LogP contribution in [-0.2, 0) is 0 Å². The Morgan fingerprint density at radius 2 is 0.382 bits per heavy atom. The molecule has 0 radical (unpaired) electrons. The van der Waals surface area contributed by atoms with E-state index in [1.165, 1.54) is 0 Å². The number of fused-ring (bicyclic) bond motifs is 6. The van der Waals surface area contributed by atoms with E-state index >= 15 is 0 Å². The average molecular weight is 1740 g/mol. The van der Waals surface area contributed by atoms with E-state index in [0.29, 0.717) is 98.5 Å². The summed E-state index contributed by atoms with van der Waals surface area (Å²) in [5.74, 6) is 7.52. The van der Waals surface area contributed by atoms with E-state index in [-0.39, 0.29) is 0 Å². The van der Waals surface area contributed by atoms with Gasteiger partial charge >= 0.3 is 0 Å². The molecular formula is C118H72N18. The van der Waals surface area contributed by atoms with Crippen LogP contribution >= 0.6 is 0 Å². The number of hydrogen-bond donors (Lipinski definition) is 0. The van der Waals surface area contributed by atoms with Gasteiger partial charge in [-0.3, -0.25) is 0 Å². The third kappa shape index (κ3) is 15.3. The Bertz CT molecular complexity index is 8100. The summed E-state index contributed by atoms with van der Waals surface area (Å²) >= 11 is 0. The largest absolute Gasteiger partial charge is 0.309 e. The molecule has 0 aliphatic rings. The van der Waals surface area contributed by atoms with Crippen LogP contribution in [0.1, 0.15) is 5.56 Å². The van der Waals surface area contributed by atoms with Crippen LogP contribution in [-0.4, -0.2) is 83.9 Å². The Balaban J connectivity index is 0.791. The Morgan fingerprint density at radius 3 is 0.647 bits per heavy atom. The molecule has 0 saturated heterocycles. The molecule has 7 heterocycles. The summed E-state index contributed by atoms with van der Waals surface area (Å²) in [5.41, 5.74) is 20.5. The summed E-state index contributed by atoms with van der Waals surface area (Å²) in [5, 5.41) is 14.7. The number of benzene rings is 17. The van der Waals surface area contributed by atoms with Gasteiger partial charge in [0.15, 0.2) is 87.4 Å². The minimum Gasteiger partial charge on any atom is -0.309 e. The van der Waals surface area contributed by atoms with Gasteiger partial charge in [0.2, 0.25) is 0 Å². The first-order valence-corrected chi connectivity index (χ1v) is 44.6. The van der Waals surface area contributed by atoms with Crippen LogP contribution in [0.4, 0.5) is 0 Å². The lowest BCUT2D eigenvalue weighted by atomic mass is 9.91. The molecule has 0 fully saturated rings. The van der Waals surface area contributed by atoms with Crippen molar-refractivity contribution in [1.82, 2.24) is 83.9 Å². The lowest BCUT2D eigenvalue weighted by Crippen LogP contribution is -2.04. The first-order chi connectivity index (χ1) is 67.3. The predicted octanol–water partition coefficient (Wildman–Crippen LogP) is 27.0. The van der Waals surface area contributed by atoms with Crippen LogP contribution in [0.3, 0.4) is 0 Å². The lowest BCUT2D eigenvalue weighted by molar-refractivity contribution is 1.07. The van der Waals surface area contributed by atoms with E-state index in [1.807, 2.05) is 328 Å². The van der Waals surface area contributed by atoms with Gasteiger partial charge < -0.3 is 9.13 Å². The molecule has 0 bridgehead atoms. The summed E-state index contributed by atoms with van der Waals surface area (Å²) in [4.78, 5) is 79.6. The summed E-state index contributed by atoms with van der Waals surface area (Å²) < 4.78 is 4.66. The van der Waals surface area contributed by atoms with Gasteiger partial charge in [-0.2, -0.15) is 5.26 Å². The number of nitrogens with zero attached hydrogens (tertiary/aromatic N) is 18. The van der Waals surface area contributed by atoms with Crippen LogP contribution in [0.2, 0.25) is 0 Å². The highest BCUT2D eigenvalue weighted by Crippen LogP contribution is 2.47. The second kappa shape index (κ2) is 34.7. The smallest absolute Gasteiger partial charge is 0.164 e. The first kappa shape index (κ1) is 80.2. The molecule has 0 aliphatic carbocycles. The van der Waals surface area contributed by atoms with Crippen molar-refractivity contribution in [3.05, 3.63) is 442 Å². The molecule has 0 atom stereocenters. The Hall–Kier alpha value is -19.1. The fourth-order valence-corrected chi connectivity index (χ4v) is 17.9. The fourth-order valence-electron chi connectivity index (χ4n) is 17.9. The normalized spacial score (nSPS) is 11.4. The van der Waals surface area contributed by atoms with E-state index < -0.39 is 0 Å². The molecule has 17 aromatic carbocycles. The van der Waals surface area contributed by atoms with Gasteiger partial charge in [-0.05, 0) is 126 Å². The standard InChI is InChI=1S/C118H72N18/c119-73-89-53-31-32-54-91(89)84-55-62-101(136-102-65-58-87(116-129-108(78-41-19-5-20-42-78)122-109(130-116)79-43-21-6-22-44-79)70-97(102)98-71-88(59-66-103(98)136)117-131-110(80-45-23-7-24-46-80)123-111(132-117)81-47-25-8-26-48-81)94(67-84)93-72-90(60-61-92(93)118-133-112(82-49-27-9-28-50-82)124-113(134-118)83-51-29-10-30-52-83)135-99-63-56-85(114-125-104(74-33-11-1-12-34-74)120-105(126-114)75-35-13-2-14-36-75)68-95(99)96-69-86(57-64-100(96)135)115-127-106(76-37-15-3-16-38-76)121-107(128-115)77-39-17-4-18-40-77/h1-72H. The summed E-state index contributed by atoms with van der Waals surface area (Å²) in [6.07, 6.45) is 0. The van der Waals surface area contributed by atoms with Gasteiger partial charge in [0.25, 0.3) is 0 Å².